The topological polar surface area (TPSA) is 46.9 Å². The predicted molar refractivity (Wildman–Crippen MR) is 100 cm³/mol. The maximum absolute atomic E-state index is 12.4. The van der Waals surface area contributed by atoms with Crippen LogP contribution in [0.25, 0.3) is 5.69 Å². The Hall–Kier alpha value is -2.59. The zero-order valence-electron chi connectivity index (χ0n) is 14.0. The number of halogens is 1. The summed E-state index contributed by atoms with van der Waals surface area (Å²) in [4.78, 5) is 12.4. The van der Waals surface area contributed by atoms with E-state index in [1.54, 1.807) is 29.2 Å². The van der Waals surface area contributed by atoms with E-state index < -0.39 is 0 Å². The summed E-state index contributed by atoms with van der Waals surface area (Å²) in [7, 11) is 0. The van der Waals surface area contributed by atoms with Crippen LogP contribution in [0.4, 0.5) is 0 Å². The molecule has 1 heterocycles. The third-order valence-corrected chi connectivity index (χ3v) is 4.27. The highest BCUT2D eigenvalue weighted by Gasteiger charge is 2.12. The monoisotopic (exact) mass is 353 g/mol. The lowest BCUT2D eigenvalue weighted by Crippen LogP contribution is -2.32. The number of hydrogen-bond donors (Lipinski definition) is 1. The van der Waals surface area contributed by atoms with Crippen molar-refractivity contribution < 1.29 is 4.79 Å². The maximum atomic E-state index is 12.4. The highest BCUT2D eigenvalue weighted by molar-refractivity contribution is 6.30. The van der Waals surface area contributed by atoms with E-state index in [9.17, 15) is 4.79 Å². The lowest BCUT2D eigenvalue weighted by Gasteiger charge is -2.13. The van der Waals surface area contributed by atoms with Gasteiger partial charge in [-0.3, -0.25) is 4.79 Å². The molecule has 5 heteroatoms. The summed E-state index contributed by atoms with van der Waals surface area (Å²) < 4.78 is 1.67. The minimum atomic E-state index is -0.110. The molecule has 0 saturated heterocycles. The number of carbonyl (C=O) groups excluding carboxylic acids is 1. The molecule has 0 radical (unpaired) electrons. The number of amides is 1. The standard InChI is InChI=1S/C20H20ClN3O/c1-15(7-8-16-5-3-2-4-6-16)23-20(25)17-13-22-24(14-17)19-11-9-18(21)10-12-19/h2-6,9-15H,7-8H2,1H3,(H,23,25)/t15-/m0/s1. The summed E-state index contributed by atoms with van der Waals surface area (Å²) in [6.07, 6.45) is 5.13. The van der Waals surface area contributed by atoms with Gasteiger partial charge in [0.05, 0.1) is 17.4 Å². The quantitative estimate of drug-likeness (QED) is 0.719. The molecule has 0 bridgehead atoms. The fraction of sp³-hybridized carbons (Fsp3) is 0.200. The molecule has 3 rings (SSSR count). The van der Waals surface area contributed by atoms with Crippen LogP contribution in [0, 0.1) is 0 Å². The minimum absolute atomic E-state index is 0.0894. The van der Waals surface area contributed by atoms with Gasteiger partial charge in [0.1, 0.15) is 0 Å². The Morgan fingerprint density at radius 1 is 1.16 bits per heavy atom. The minimum Gasteiger partial charge on any atom is -0.349 e. The van der Waals surface area contributed by atoms with E-state index in [0.29, 0.717) is 10.6 Å². The molecule has 0 saturated carbocycles. The van der Waals surface area contributed by atoms with Crippen LogP contribution < -0.4 is 5.32 Å². The Morgan fingerprint density at radius 2 is 1.88 bits per heavy atom. The molecule has 0 unspecified atom stereocenters. The second kappa shape index (κ2) is 7.99. The van der Waals surface area contributed by atoms with Gasteiger partial charge in [-0.2, -0.15) is 5.10 Å². The molecule has 25 heavy (non-hydrogen) atoms. The number of rotatable bonds is 6. The van der Waals surface area contributed by atoms with Crippen molar-refractivity contribution in [1.82, 2.24) is 15.1 Å². The Morgan fingerprint density at radius 3 is 2.60 bits per heavy atom. The zero-order valence-corrected chi connectivity index (χ0v) is 14.8. The number of hydrogen-bond acceptors (Lipinski definition) is 2. The van der Waals surface area contributed by atoms with Crippen LogP contribution in [0.1, 0.15) is 29.3 Å². The number of carbonyl (C=O) groups is 1. The van der Waals surface area contributed by atoms with Crippen molar-refractivity contribution in [1.29, 1.82) is 0 Å². The van der Waals surface area contributed by atoms with Gasteiger partial charge in [0, 0.05) is 17.3 Å². The summed E-state index contributed by atoms with van der Waals surface area (Å²) in [6, 6.07) is 17.7. The van der Waals surface area contributed by atoms with Gasteiger partial charge in [-0.05, 0) is 49.6 Å². The van der Waals surface area contributed by atoms with E-state index in [-0.39, 0.29) is 11.9 Å². The number of benzene rings is 2. The molecule has 0 aliphatic heterocycles. The summed E-state index contributed by atoms with van der Waals surface area (Å²) in [6.45, 7) is 2.02. The molecule has 0 aliphatic rings. The first kappa shape index (κ1) is 17.2. The molecule has 0 fully saturated rings. The Balaban J connectivity index is 1.57. The van der Waals surface area contributed by atoms with Gasteiger partial charge >= 0.3 is 0 Å². The Labute approximate surface area is 152 Å². The highest BCUT2D eigenvalue weighted by Crippen LogP contribution is 2.13. The molecular weight excluding hydrogens is 334 g/mol. The smallest absolute Gasteiger partial charge is 0.254 e. The van der Waals surface area contributed by atoms with E-state index >= 15 is 0 Å². The Bertz CT molecular complexity index is 828. The third-order valence-electron chi connectivity index (χ3n) is 4.02. The van der Waals surface area contributed by atoms with Crippen molar-refractivity contribution in [3.63, 3.8) is 0 Å². The van der Waals surface area contributed by atoms with Gasteiger partial charge in [0.25, 0.3) is 5.91 Å². The molecule has 1 atom stereocenters. The van der Waals surface area contributed by atoms with Crippen LogP contribution in [0.3, 0.4) is 0 Å². The van der Waals surface area contributed by atoms with E-state index in [4.69, 9.17) is 11.6 Å². The molecule has 1 N–H and O–H groups in total. The van der Waals surface area contributed by atoms with Crippen molar-refractivity contribution in [2.75, 3.05) is 0 Å². The number of nitrogens with one attached hydrogen (secondary N) is 1. The average Bonchev–Trinajstić information content (AvgIpc) is 3.12. The maximum Gasteiger partial charge on any atom is 0.254 e. The lowest BCUT2D eigenvalue weighted by atomic mass is 10.1. The molecule has 3 aromatic rings. The molecule has 1 amide bonds. The van der Waals surface area contributed by atoms with Crippen LogP contribution in [-0.2, 0) is 6.42 Å². The van der Waals surface area contributed by atoms with E-state index in [1.165, 1.54) is 5.56 Å². The van der Waals surface area contributed by atoms with Gasteiger partial charge in [0.15, 0.2) is 0 Å². The molecule has 0 aliphatic carbocycles. The van der Waals surface area contributed by atoms with Crippen LogP contribution in [0.2, 0.25) is 5.02 Å². The van der Waals surface area contributed by atoms with Crippen molar-refractivity contribution >= 4 is 17.5 Å². The van der Waals surface area contributed by atoms with Crippen molar-refractivity contribution in [3.05, 3.63) is 83.1 Å². The Kier molecular flexibility index (Phi) is 5.51. The second-order valence-electron chi connectivity index (χ2n) is 6.05. The summed E-state index contributed by atoms with van der Waals surface area (Å²) >= 11 is 5.89. The van der Waals surface area contributed by atoms with Crippen molar-refractivity contribution in [2.45, 2.75) is 25.8 Å². The van der Waals surface area contributed by atoms with Crippen molar-refractivity contribution in [3.8, 4) is 5.69 Å². The number of nitrogens with zero attached hydrogens (tertiary/aromatic N) is 2. The van der Waals surface area contributed by atoms with Crippen LogP contribution in [-0.4, -0.2) is 21.7 Å². The van der Waals surface area contributed by atoms with Gasteiger partial charge < -0.3 is 5.32 Å². The normalized spacial score (nSPS) is 11.9. The highest BCUT2D eigenvalue weighted by atomic mass is 35.5. The summed E-state index contributed by atoms with van der Waals surface area (Å²) in [5.41, 5.74) is 2.68. The zero-order chi connectivity index (χ0) is 17.6. The summed E-state index contributed by atoms with van der Waals surface area (Å²) in [5.74, 6) is -0.110. The first-order valence-electron chi connectivity index (χ1n) is 8.27. The summed E-state index contributed by atoms with van der Waals surface area (Å²) in [5, 5.41) is 7.95. The van der Waals surface area contributed by atoms with Crippen LogP contribution >= 0.6 is 11.6 Å². The molecule has 0 spiro atoms. The lowest BCUT2D eigenvalue weighted by molar-refractivity contribution is 0.0938. The largest absolute Gasteiger partial charge is 0.349 e. The molecule has 4 nitrogen and oxygen atoms in total. The van der Waals surface area contributed by atoms with Gasteiger partial charge in [-0.1, -0.05) is 41.9 Å². The van der Waals surface area contributed by atoms with E-state index in [0.717, 1.165) is 18.5 Å². The molecular formula is C20H20ClN3O. The fourth-order valence-corrected chi connectivity index (χ4v) is 2.71. The first-order valence-corrected chi connectivity index (χ1v) is 8.65. The average molecular weight is 354 g/mol. The first-order chi connectivity index (χ1) is 12.1. The van der Waals surface area contributed by atoms with Gasteiger partial charge in [-0.25, -0.2) is 4.68 Å². The van der Waals surface area contributed by atoms with Crippen molar-refractivity contribution in [2.24, 2.45) is 0 Å². The fourth-order valence-electron chi connectivity index (χ4n) is 2.58. The molecule has 2 aromatic carbocycles. The molecule has 128 valence electrons. The van der Waals surface area contributed by atoms with Gasteiger partial charge in [-0.15, -0.1) is 0 Å². The van der Waals surface area contributed by atoms with E-state index in [2.05, 4.69) is 22.5 Å². The predicted octanol–water partition coefficient (Wildman–Crippen LogP) is 4.28. The van der Waals surface area contributed by atoms with Gasteiger partial charge in [0.2, 0.25) is 0 Å². The SMILES string of the molecule is C[C@@H](CCc1ccccc1)NC(=O)c1cnn(-c2ccc(Cl)cc2)c1. The van der Waals surface area contributed by atoms with E-state index in [1.807, 2.05) is 37.3 Å². The van der Waals surface area contributed by atoms with Crippen LogP contribution in [0.15, 0.2) is 67.0 Å². The number of aryl methyl sites for hydroxylation is 1. The van der Waals surface area contributed by atoms with Crippen LogP contribution in [0.5, 0.6) is 0 Å². The number of aromatic nitrogens is 2. The molecule has 1 aromatic heterocycles. The third kappa shape index (κ3) is 4.70. The second-order valence-corrected chi connectivity index (χ2v) is 6.49.